The van der Waals surface area contributed by atoms with Gasteiger partial charge in [0.2, 0.25) is 11.8 Å². The molecule has 0 aliphatic heterocycles. The Kier molecular flexibility index (Phi) is 10.8. The van der Waals surface area contributed by atoms with Crippen molar-refractivity contribution in [1.82, 2.24) is 10.2 Å². The van der Waals surface area contributed by atoms with Crippen molar-refractivity contribution in [2.24, 2.45) is 0 Å². The zero-order chi connectivity index (χ0) is 25.2. The van der Waals surface area contributed by atoms with Crippen molar-refractivity contribution in [3.8, 4) is 0 Å². The summed E-state index contributed by atoms with van der Waals surface area (Å²) >= 11 is 19.7. The molecule has 184 valence electrons. The summed E-state index contributed by atoms with van der Waals surface area (Å²) in [5.74, 6) is -0.154. The van der Waals surface area contributed by atoms with E-state index in [4.69, 9.17) is 34.8 Å². The van der Waals surface area contributed by atoms with Gasteiger partial charge in [0.05, 0.1) is 15.8 Å². The number of carbonyl (C=O) groups is 2. The monoisotopic (exact) mass is 548 g/mol. The maximum absolute atomic E-state index is 13.6. The third-order valence-corrected chi connectivity index (χ3v) is 7.32. The molecular weight excluding hydrogens is 523 g/mol. The van der Waals surface area contributed by atoms with Crippen molar-refractivity contribution in [1.29, 1.82) is 0 Å². The highest BCUT2D eigenvalue weighted by molar-refractivity contribution is 8.00. The van der Waals surface area contributed by atoms with Gasteiger partial charge in [0.15, 0.2) is 0 Å². The number of carbonyl (C=O) groups excluding carboxylic acids is 2. The lowest BCUT2D eigenvalue weighted by molar-refractivity contribution is -0.139. The van der Waals surface area contributed by atoms with Crippen molar-refractivity contribution < 1.29 is 9.59 Å². The van der Waals surface area contributed by atoms with E-state index in [1.807, 2.05) is 55.5 Å². The lowest BCUT2D eigenvalue weighted by Gasteiger charge is -2.31. The van der Waals surface area contributed by atoms with E-state index in [2.05, 4.69) is 5.32 Å². The third kappa shape index (κ3) is 8.46. The second kappa shape index (κ2) is 13.8. The zero-order valence-electron chi connectivity index (χ0n) is 19.3. The second-order valence-electron chi connectivity index (χ2n) is 8.01. The normalized spacial score (nSPS) is 11.7. The van der Waals surface area contributed by atoms with Crippen molar-refractivity contribution in [3.05, 3.63) is 99.0 Å². The summed E-state index contributed by atoms with van der Waals surface area (Å²) in [5.41, 5.74) is 1.77. The van der Waals surface area contributed by atoms with E-state index in [9.17, 15) is 9.59 Å². The first-order valence-corrected chi connectivity index (χ1v) is 13.4. The van der Waals surface area contributed by atoms with Gasteiger partial charge in [-0.3, -0.25) is 9.59 Å². The van der Waals surface area contributed by atoms with Gasteiger partial charge in [0.1, 0.15) is 6.04 Å². The van der Waals surface area contributed by atoms with Crippen LogP contribution < -0.4 is 5.32 Å². The van der Waals surface area contributed by atoms with E-state index in [-0.39, 0.29) is 24.1 Å². The molecule has 1 N–H and O–H groups in total. The van der Waals surface area contributed by atoms with E-state index in [0.717, 1.165) is 22.4 Å². The van der Waals surface area contributed by atoms with Gasteiger partial charge in [-0.2, -0.15) is 0 Å². The topological polar surface area (TPSA) is 49.4 Å². The summed E-state index contributed by atoms with van der Waals surface area (Å²) < 4.78 is 0. The molecule has 4 nitrogen and oxygen atoms in total. The summed E-state index contributed by atoms with van der Waals surface area (Å²) in [4.78, 5) is 29.5. The van der Waals surface area contributed by atoms with Gasteiger partial charge in [0.25, 0.3) is 0 Å². The maximum Gasteiger partial charge on any atom is 0.243 e. The van der Waals surface area contributed by atoms with Crippen molar-refractivity contribution >= 4 is 58.4 Å². The van der Waals surface area contributed by atoms with Gasteiger partial charge < -0.3 is 10.2 Å². The summed E-state index contributed by atoms with van der Waals surface area (Å²) in [7, 11) is 0. The van der Waals surface area contributed by atoms with Gasteiger partial charge in [-0.05, 0) is 53.9 Å². The summed E-state index contributed by atoms with van der Waals surface area (Å²) in [5, 5.41) is 4.45. The lowest BCUT2D eigenvalue weighted by Crippen LogP contribution is -2.51. The minimum atomic E-state index is -0.684. The largest absolute Gasteiger partial charge is 0.354 e. The second-order valence-corrected chi connectivity index (χ2v) is 10.3. The predicted octanol–water partition coefficient (Wildman–Crippen LogP) is 6.91. The van der Waals surface area contributed by atoms with Crippen LogP contribution in [0, 0.1) is 0 Å². The molecule has 0 heterocycles. The van der Waals surface area contributed by atoms with E-state index in [1.54, 1.807) is 29.2 Å². The molecule has 3 aromatic rings. The fraction of sp³-hybridized carbons (Fsp3) is 0.259. The molecule has 0 spiro atoms. The lowest BCUT2D eigenvalue weighted by atomic mass is 10.0. The first-order chi connectivity index (χ1) is 16.9. The van der Waals surface area contributed by atoms with Crippen LogP contribution in [0.5, 0.6) is 0 Å². The Hall–Kier alpha value is -2.18. The number of halogens is 3. The number of benzene rings is 3. The Labute approximate surface area is 225 Å². The molecule has 0 radical (unpaired) electrons. The number of rotatable bonds is 11. The molecule has 0 unspecified atom stereocenters. The number of hydrogen-bond acceptors (Lipinski definition) is 3. The SMILES string of the molecule is CCCNC(=O)[C@H](Cc1ccccc1)N(Cc1ccc(Cl)c(Cl)c1)C(=O)CSc1ccc(Cl)cc1. The van der Waals surface area contributed by atoms with Crippen LogP contribution >= 0.6 is 46.6 Å². The van der Waals surface area contributed by atoms with E-state index >= 15 is 0 Å². The third-order valence-electron chi connectivity index (χ3n) is 5.33. The van der Waals surface area contributed by atoms with Gasteiger partial charge in [-0.25, -0.2) is 0 Å². The van der Waals surface area contributed by atoms with E-state index in [1.165, 1.54) is 11.8 Å². The molecule has 0 saturated carbocycles. The molecule has 8 heteroatoms. The van der Waals surface area contributed by atoms with E-state index in [0.29, 0.717) is 28.0 Å². The van der Waals surface area contributed by atoms with Crippen LogP contribution in [0.25, 0.3) is 0 Å². The van der Waals surface area contributed by atoms with Crippen LogP contribution in [0.2, 0.25) is 15.1 Å². The van der Waals surface area contributed by atoms with Crippen molar-refractivity contribution in [3.63, 3.8) is 0 Å². The standard InChI is InChI=1S/C27H27Cl3N2O2S/c1-2-14-31-27(34)25(16-19-6-4-3-5-7-19)32(17-20-8-13-23(29)24(30)15-20)26(33)18-35-22-11-9-21(28)10-12-22/h3-13,15,25H,2,14,16-18H2,1H3,(H,31,34)/t25-/m0/s1. The molecule has 35 heavy (non-hydrogen) atoms. The predicted molar refractivity (Wildman–Crippen MR) is 146 cm³/mol. The molecule has 0 saturated heterocycles. The van der Waals surface area contributed by atoms with Gasteiger partial charge in [-0.1, -0.05) is 78.1 Å². The number of hydrogen-bond donors (Lipinski definition) is 1. The smallest absolute Gasteiger partial charge is 0.243 e. The number of nitrogens with zero attached hydrogens (tertiary/aromatic N) is 1. The number of thioether (sulfide) groups is 1. The van der Waals surface area contributed by atoms with Crippen molar-refractivity contribution in [2.75, 3.05) is 12.3 Å². The van der Waals surface area contributed by atoms with Gasteiger partial charge in [0, 0.05) is 29.4 Å². The molecule has 0 fully saturated rings. The zero-order valence-corrected chi connectivity index (χ0v) is 22.4. The highest BCUT2D eigenvalue weighted by Crippen LogP contribution is 2.26. The van der Waals surface area contributed by atoms with Gasteiger partial charge >= 0.3 is 0 Å². The average Bonchev–Trinajstić information content (AvgIpc) is 2.86. The molecule has 0 aliphatic carbocycles. The van der Waals surface area contributed by atoms with Crippen molar-refractivity contribution in [2.45, 2.75) is 37.2 Å². The Morgan fingerprint density at radius 3 is 2.29 bits per heavy atom. The molecule has 0 bridgehead atoms. The Morgan fingerprint density at radius 2 is 1.63 bits per heavy atom. The summed E-state index contributed by atoms with van der Waals surface area (Å²) in [6.45, 7) is 2.76. The molecular formula is C27H27Cl3N2O2S. The quantitative estimate of drug-likeness (QED) is 0.265. The highest BCUT2D eigenvalue weighted by Gasteiger charge is 2.30. The molecule has 3 rings (SSSR count). The molecule has 1 atom stereocenters. The van der Waals surface area contributed by atoms with Crippen LogP contribution in [-0.4, -0.2) is 35.1 Å². The van der Waals surface area contributed by atoms with Crippen LogP contribution in [0.4, 0.5) is 0 Å². The molecule has 0 aliphatic rings. The Balaban J connectivity index is 1.90. The first kappa shape index (κ1) is 27.4. The first-order valence-electron chi connectivity index (χ1n) is 11.3. The molecule has 3 aromatic carbocycles. The average molecular weight is 550 g/mol. The van der Waals surface area contributed by atoms with Crippen LogP contribution in [0.3, 0.4) is 0 Å². The minimum Gasteiger partial charge on any atom is -0.354 e. The summed E-state index contributed by atoms with van der Waals surface area (Å²) in [6.07, 6.45) is 1.20. The Bertz CT molecular complexity index is 1130. The number of amides is 2. The molecule has 2 amide bonds. The maximum atomic E-state index is 13.6. The molecule has 0 aromatic heterocycles. The van der Waals surface area contributed by atoms with Gasteiger partial charge in [-0.15, -0.1) is 11.8 Å². The number of nitrogens with one attached hydrogen (secondary N) is 1. The minimum absolute atomic E-state index is 0.149. The Morgan fingerprint density at radius 1 is 0.914 bits per heavy atom. The fourth-order valence-corrected chi connectivity index (χ4v) is 4.74. The highest BCUT2D eigenvalue weighted by atomic mass is 35.5. The van der Waals surface area contributed by atoms with Crippen LogP contribution in [-0.2, 0) is 22.6 Å². The summed E-state index contributed by atoms with van der Waals surface area (Å²) in [6, 6.07) is 21.6. The van der Waals surface area contributed by atoms with E-state index < -0.39 is 6.04 Å². The fourth-order valence-electron chi connectivity index (χ4n) is 3.51. The van der Waals surface area contributed by atoms with Crippen LogP contribution in [0.1, 0.15) is 24.5 Å². The van der Waals surface area contributed by atoms with Crippen LogP contribution in [0.15, 0.2) is 77.7 Å².